The molecule has 1 amide bonds. The molecule has 0 bridgehead atoms. The standard InChI is InChI=1S/C24H25N3O3/c1-17-16-19-6-3-4-7-22(19)27(17)24(29)8-5-15-26-23(28)14-13-21(25-26)18-9-11-20(30-2)12-10-18/h3-4,6-7,9-14,17H,5,8,15-16H2,1-2H3. The molecule has 0 spiro atoms. The Morgan fingerprint density at radius 1 is 1.10 bits per heavy atom. The van der Waals surface area contributed by atoms with Crippen molar-refractivity contribution in [1.29, 1.82) is 0 Å². The van der Waals surface area contributed by atoms with E-state index in [2.05, 4.69) is 18.1 Å². The second-order valence-electron chi connectivity index (χ2n) is 7.56. The molecule has 1 aromatic heterocycles. The molecule has 4 rings (SSSR count). The highest BCUT2D eigenvalue weighted by atomic mass is 16.5. The van der Waals surface area contributed by atoms with Gasteiger partial charge in [-0.25, -0.2) is 4.68 Å². The van der Waals surface area contributed by atoms with Crippen LogP contribution in [0.5, 0.6) is 5.75 Å². The van der Waals surface area contributed by atoms with E-state index in [4.69, 9.17) is 4.74 Å². The lowest BCUT2D eigenvalue weighted by atomic mass is 10.1. The highest BCUT2D eigenvalue weighted by Gasteiger charge is 2.29. The first-order chi connectivity index (χ1) is 14.6. The fraction of sp³-hybridized carbons (Fsp3) is 0.292. The fourth-order valence-electron chi connectivity index (χ4n) is 3.97. The SMILES string of the molecule is COc1ccc(-c2ccc(=O)n(CCCC(=O)N3c4ccccc4CC3C)n2)cc1. The van der Waals surface area contributed by atoms with Crippen LogP contribution in [0.25, 0.3) is 11.3 Å². The van der Waals surface area contributed by atoms with Crippen LogP contribution in [-0.2, 0) is 17.8 Å². The first-order valence-corrected chi connectivity index (χ1v) is 10.2. The number of aryl methyl sites for hydroxylation is 1. The number of hydrogen-bond donors (Lipinski definition) is 0. The van der Waals surface area contributed by atoms with Crippen molar-refractivity contribution in [3.8, 4) is 17.0 Å². The largest absolute Gasteiger partial charge is 0.497 e. The summed E-state index contributed by atoms with van der Waals surface area (Å²) in [6.07, 6.45) is 1.82. The normalized spacial score (nSPS) is 15.1. The molecular weight excluding hydrogens is 378 g/mol. The molecule has 1 atom stereocenters. The number of para-hydroxylation sites is 1. The average molecular weight is 403 g/mol. The van der Waals surface area contributed by atoms with E-state index in [1.165, 1.54) is 16.3 Å². The summed E-state index contributed by atoms with van der Waals surface area (Å²) in [5.41, 5.74) is 3.67. The molecule has 154 valence electrons. The second kappa shape index (κ2) is 8.53. The second-order valence-corrected chi connectivity index (χ2v) is 7.56. The van der Waals surface area contributed by atoms with Crippen LogP contribution in [-0.4, -0.2) is 28.8 Å². The highest BCUT2D eigenvalue weighted by molar-refractivity contribution is 5.96. The smallest absolute Gasteiger partial charge is 0.266 e. The minimum atomic E-state index is -0.167. The van der Waals surface area contributed by atoms with Crippen LogP contribution in [0.4, 0.5) is 5.69 Å². The summed E-state index contributed by atoms with van der Waals surface area (Å²) in [6.45, 7) is 2.47. The zero-order chi connectivity index (χ0) is 21.1. The third-order valence-corrected chi connectivity index (χ3v) is 5.49. The molecule has 1 aliphatic rings. The third kappa shape index (κ3) is 3.99. The molecule has 6 nitrogen and oxygen atoms in total. The van der Waals surface area contributed by atoms with Crippen molar-refractivity contribution in [2.45, 2.75) is 38.8 Å². The van der Waals surface area contributed by atoms with E-state index in [1.807, 2.05) is 47.4 Å². The topological polar surface area (TPSA) is 64.4 Å². The molecule has 0 fully saturated rings. The van der Waals surface area contributed by atoms with Crippen LogP contribution in [0.1, 0.15) is 25.3 Å². The van der Waals surface area contributed by atoms with Gasteiger partial charge in [-0.3, -0.25) is 9.59 Å². The van der Waals surface area contributed by atoms with Gasteiger partial charge in [-0.1, -0.05) is 18.2 Å². The van der Waals surface area contributed by atoms with E-state index in [9.17, 15) is 9.59 Å². The van der Waals surface area contributed by atoms with Gasteiger partial charge in [0.1, 0.15) is 5.75 Å². The number of rotatable bonds is 6. The summed E-state index contributed by atoms with van der Waals surface area (Å²) in [6, 6.07) is 19.0. The lowest BCUT2D eigenvalue weighted by Gasteiger charge is -2.22. The summed E-state index contributed by atoms with van der Waals surface area (Å²) in [5.74, 6) is 0.857. The Hall–Kier alpha value is -3.41. The van der Waals surface area contributed by atoms with E-state index in [-0.39, 0.29) is 17.5 Å². The number of carbonyl (C=O) groups excluding carboxylic acids is 1. The van der Waals surface area contributed by atoms with Gasteiger partial charge in [-0.2, -0.15) is 5.10 Å². The van der Waals surface area contributed by atoms with E-state index >= 15 is 0 Å². The minimum absolute atomic E-state index is 0.0896. The van der Waals surface area contributed by atoms with Crippen LogP contribution in [0.3, 0.4) is 0 Å². The number of fused-ring (bicyclic) bond motifs is 1. The van der Waals surface area contributed by atoms with Crippen LogP contribution < -0.4 is 15.2 Å². The van der Waals surface area contributed by atoms with Crippen LogP contribution in [0.2, 0.25) is 0 Å². The molecule has 0 radical (unpaired) electrons. The minimum Gasteiger partial charge on any atom is -0.497 e. The maximum atomic E-state index is 12.8. The number of carbonyl (C=O) groups is 1. The number of ether oxygens (including phenoxy) is 1. The van der Waals surface area contributed by atoms with Crippen molar-refractivity contribution in [3.05, 3.63) is 76.6 Å². The predicted octanol–water partition coefficient (Wildman–Crippen LogP) is 3.68. The zero-order valence-corrected chi connectivity index (χ0v) is 17.2. The van der Waals surface area contributed by atoms with Gasteiger partial charge in [0, 0.05) is 36.3 Å². The summed E-state index contributed by atoms with van der Waals surface area (Å²) in [5, 5.41) is 4.48. The molecule has 0 saturated heterocycles. The molecular formula is C24H25N3O3. The molecule has 0 saturated carbocycles. The number of amides is 1. The van der Waals surface area contributed by atoms with Gasteiger partial charge in [0.15, 0.2) is 0 Å². The number of hydrogen-bond acceptors (Lipinski definition) is 4. The molecule has 2 heterocycles. The summed E-state index contributed by atoms with van der Waals surface area (Å²) >= 11 is 0. The van der Waals surface area contributed by atoms with Gasteiger partial charge < -0.3 is 9.64 Å². The van der Waals surface area contributed by atoms with Gasteiger partial charge in [0.05, 0.1) is 12.8 Å². The van der Waals surface area contributed by atoms with Gasteiger partial charge in [0.2, 0.25) is 5.91 Å². The Kier molecular flexibility index (Phi) is 5.65. The third-order valence-electron chi connectivity index (χ3n) is 5.49. The summed E-state index contributed by atoms with van der Waals surface area (Å²) in [7, 11) is 1.62. The molecule has 0 aliphatic carbocycles. The molecule has 0 N–H and O–H groups in total. The number of anilines is 1. The van der Waals surface area contributed by atoms with Crippen LogP contribution in [0, 0.1) is 0 Å². The molecule has 3 aromatic rings. The molecule has 1 unspecified atom stereocenters. The molecule has 1 aliphatic heterocycles. The van der Waals surface area contributed by atoms with Crippen LogP contribution >= 0.6 is 0 Å². The van der Waals surface area contributed by atoms with E-state index in [1.54, 1.807) is 13.2 Å². The summed E-state index contributed by atoms with van der Waals surface area (Å²) < 4.78 is 6.62. The monoisotopic (exact) mass is 403 g/mol. The van der Waals surface area contributed by atoms with Crippen molar-refractivity contribution in [2.24, 2.45) is 0 Å². The fourth-order valence-corrected chi connectivity index (χ4v) is 3.97. The van der Waals surface area contributed by atoms with E-state index < -0.39 is 0 Å². The average Bonchev–Trinajstić information content (AvgIpc) is 3.10. The lowest BCUT2D eigenvalue weighted by molar-refractivity contribution is -0.119. The number of methoxy groups -OCH3 is 1. The number of benzene rings is 2. The van der Waals surface area contributed by atoms with E-state index in [0.29, 0.717) is 25.1 Å². The first-order valence-electron chi connectivity index (χ1n) is 10.2. The zero-order valence-electron chi connectivity index (χ0n) is 17.2. The Labute approximate surface area is 175 Å². The lowest BCUT2D eigenvalue weighted by Crippen LogP contribution is -2.35. The molecule has 6 heteroatoms. The highest BCUT2D eigenvalue weighted by Crippen LogP contribution is 2.32. The molecule has 2 aromatic carbocycles. The van der Waals surface area contributed by atoms with Crippen molar-refractivity contribution >= 4 is 11.6 Å². The van der Waals surface area contributed by atoms with Crippen LogP contribution in [0.15, 0.2) is 65.5 Å². The Bertz CT molecular complexity index is 1110. The van der Waals surface area contributed by atoms with Gasteiger partial charge in [-0.05, 0) is 61.7 Å². The van der Waals surface area contributed by atoms with E-state index in [0.717, 1.165) is 23.4 Å². The Morgan fingerprint density at radius 2 is 1.87 bits per heavy atom. The van der Waals surface area contributed by atoms with Gasteiger partial charge >= 0.3 is 0 Å². The van der Waals surface area contributed by atoms with Crippen molar-refractivity contribution in [1.82, 2.24) is 9.78 Å². The van der Waals surface area contributed by atoms with Crippen molar-refractivity contribution in [2.75, 3.05) is 12.0 Å². The maximum absolute atomic E-state index is 12.8. The number of nitrogens with zero attached hydrogens (tertiary/aromatic N) is 3. The summed E-state index contributed by atoms with van der Waals surface area (Å²) in [4.78, 5) is 27.0. The number of aromatic nitrogens is 2. The Morgan fingerprint density at radius 3 is 2.63 bits per heavy atom. The van der Waals surface area contributed by atoms with Gasteiger partial charge in [0.25, 0.3) is 5.56 Å². The predicted molar refractivity (Wildman–Crippen MR) is 117 cm³/mol. The Balaban J connectivity index is 1.42. The quantitative estimate of drug-likeness (QED) is 0.630. The first kappa shape index (κ1) is 19.9. The van der Waals surface area contributed by atoms with Crippen molar-refractivity contribution < 1.29 is 9.53 Å². The maximum Gasteiger partial charge on any atom is 0.266 e. The molecule has 30 heavy (non-hydrogen) atoms. The van der Waals surface area contributed by atoms with Crippen molar-refractivity contribution in [3.63, 3.8) is 0 Å². The van der Waals surface area contributed by atoms with Gasteiger partial charge in [-0.15, -0.1) is 0 Å².